The Kier molecular flexibility index (Phi) is 34.2. The quantitative estimate of drug-likeness (QED) is 0.386. The predicted molar refractivity (Wildman–Crippen MR) is 104 cm³/mol. The van der Waals surface area contributed by atoms with E-state index in [1.165, 1.54) is 11.1 Å². The van der Waals surface area contributed by atoms with Gasteiger partial charge in [0.2, 0.25) is 0 Å². The van der Waals surface area contributed by atoms with Crippen LogP contribution in [0.2, 0.25) is 0 Å². The second-order valence-electron chi connectivity index (χ2n) is 5.22. The molecule has 0 radical (unpaired) electrons. The van der Waals surface area contributed by atoms with Gasteiger partial charge in [0.15, 0.2) is 0 Å². The SMILES string of the molecule is CC(C)(C)[NH-].[CH3-].[CH3-].[Cl-].[Cl-].[SiH4].[Zr+2].c1ccc([CH-]c2ccccc2)cc1. The van der Waals surface area contributed by atoms with Crippen LogP contribution in [0, 0.1) is 21.3 Å². The molecule has 0 bridgehead atoms. The van der Waals surface area contributed by atoms with E-state index in [1.807, 2.05) is 32.9 Å². The van der Waals surface area contributed by atoms with Crippen molar-refractivity contribution >= 4 is 11.0 Å². The zero-order valence-corrected chi connectivity index (χ0v) is 18.6. The normalized spacial score (nSPS) is 7.67. The zero-order chi connectivity index (χ0) is 13.4. The molecule has 0 unspecified atom stereocenters. The van der Waals surface area contributed by atoms with Crippen LogP contribution in [0.25, 0.3) is 5.73 Å². The van der Waals surface area contributed by atoms with E-state index >= 15 is 0 Å². The number of hydrogen-bond donors (Lipinski definition) is 0. The fourth-order valence-electron chi connectivity index (χ4n) is 1.29. The second-order valence-corrected chi connectivity index (χ2v) is 5.22. The number of benzene rings is 2. The monoisotopic (exact) mass is 461 g/mol. The Morgan fingerprint density at radius 1 is 0.708 bits per heavy atom. The molecule has 2 aromatic carbocycles. The summed E-state index contributed by atoms with van der Waals surface area (Å²) in [4.78, 5) is 0. The first-order valence-electron chi connectivity index (χ1n) is 6.15. The minimum absolute atomic E-state index is 0. The summed E-state index contributed by atoms with van der Waals surface area (Å²) in [5.74, 6) is 0. The maximum atomic E-state index is 6.94. The Morgan fingerprint density at radius 2 is 0.917 bits per heavy atom. The number of nitrogens with one attached hydrogen (secondary N) is 1. The van der Waals surface area contributed by atoms with Gasteiger partial charge in [0, 0.05) is 0 Å². The van der Waals surface area contributed by atoms with Gasteiger partial charge in [0.05, 0.1) is 0 Å². The summed E-state index contributed by atoms with van der Waals surface area (Å²) >= 11 is 0. The Hall–Kier alpha value is -0.0500. The summed E-state index contributed by atoms with van der Waals surface area (Å²) in [5.41, 5.74) is 9.18. The molecule has 5 heteroatoms. The van der Waals surface area contributed by atoms with E-state index in [0.29, 0.717) is 0 Å². The van der Waals surface area contributed by atoms with Gasteiger partial charge in [-0.25, -0.2) is 0 Å². The van der Waals surface area contributed by atoms with Crippen molar-refractivity contribution < 1.29 is 51.0 Å². The van der Waals surface area contributed by atoms with Crippen LogP contribution in [0.4, 0.5) is 0 Å². The molecule has 0 aromatic heterocycles. The first kappa shape index (κ1) is 39.2. The molecule has 0 aliphatic carbocycles. The summed E-state index contributed by atoms with van der Waals surface area (Å²) in [5, 5.41) is 0. The Labute approximate surface area is 186 Å². The smallest absolute Gasteiger partial charge is 1.00 e. The molecule has 1 nitrogen and oxygen atoms in total. The van der Waals surface area contributed by atoms with Gasteiger partial charge in [0.25, 0.3) is 0 Å². The third kappa shape index (κ3) is 24.2. The van der Waals surface area contributed by atoms with Gasteiger partial charge in [-0.3, -0.25) is 0 Å². The van der Waals surface area contributed by atoms with Gasteiger partial charge in [-0.15, -0.1) is 47.4 Å². The molecule has 0 fully saturated rings. The third-order valence-corrected chi connectivity index (χ3v) is 1.93. The zero-order valence-electron chi connectivity index (χ0n) is 14.6. The molecular formula is C19H31Cl2NSiZr-4. The first-order valence-corrected chi connectivity index (χ1v) is 6.15. The standard InChI is InChI=1S/C13H11.C4H10N.2CH3.2ClH.H4Si.Zr/c1-3-7-12(8-4-1)11-13-9-5-2-6-10-13;1-4(2,3)5;;;;;;/h1-11H;5H,1-3H3;2*1H3;2*1H;1H4;/q4*-1;;;;+2/p-2. The van der Waals surface area contributed by atoms with Crippen molar-refractivity contribution in [2.75, 3.05) is 0 Å². The molecule has 138 valence electrons. The first-order chi connectivity index (χ1) is 8.45. The molecule has 2 rings (SSSR count). The van der Waals surface area contributed by atoms with Gasteiger partial charge < -0.3 is 45.4 Å². The van der Waals surface area contributed by atoms with Crippen LogP contribution >= 0.6 is 0 Å². The Bertz CT molecular complexity index is 404. The molecule has 1 N–H and O–H groups in total. The van der Waals surface area contributed by atoms with Crippen LogP contribution in [0.3, 0.4) is 0 Å². The minimum atomic E-state index is -0.250. The molecule has 0 saturated carbocycles. The fraction of sp³-hybridized carbons (Fsp3) is 0.211. The van der Waals surface area contributed by atoms with Crippen molar-refractivity contribution in [1.29, 1.82) is 0 Å². The van der Waals surface area contributed by atoms with E-state index in [9.17, 15) is 0 Å². The number of hydrogen-bond acceptors (Lipinski definition) is 0. The van der Waals surface area contributed by atoms with Crippen LogP contribution in [0.15, 0.2) is 60.7 Å². The number of rotatable bonds is 2. The molecule has 0 amide bonds. The third-order valence-electron chi connectivity index (χ3n) is 1.93. The summed E-state index contributed by atoms with van der Waals surface area (Å²) in [7, 11) is 0. The summed E-state index contributed by atoms with van der Waals surface area (Å²) < 4.78 is 0. The van der Waals surface area contributed by atoms with E-state index in [4.69, 9.17) is 5.73 Å². The average Bonchev–Trinajstić information content (AvgIpc) is 2.29. The molecule has 0 spiro atoms. The number of halogens is 2. The molecule has 0 aliphatic rings. The van der Waals surface area contributed by atoms with Crippen molar-refractivity contribution in [1.82, 2.24) is 0 Å². The van der Waals surface area contributed by atoms with Crippen LogP contribution in [0.1, 0.15) is 31.9 Å². The van der Waals surface area contributed by atoms with Crippen molar-refractivity contribution in [2.24, 2.45) is 0 Å². The Balaban J connectivity index is -0.0000000667. The van der Waals surface area contributed by atoms with Crippen molar-refractivity contribution in [3.8, 4) is 0 Å². The predicted octanol–water partition coefficient (Wildman–Crippen LogP) is -1.42. The molecule has 0 heterocycles. The van der Waals surface area contributed by atoms with Gasteiger partial charge >= 0.3 is 26.2 Å². The van der Waals surface area contributed by atoms with Gasteiger partial charge in [0.1, 0.15) is 0 Å². The van der Waals surface area contributed by atoms with Crippen molar-refractivity contribution in [3.05, 3.63) is 98.8 Å². The van der Waals surface area contributed by atoms with Crippen molar-refractivity contribution in [2.45, 2.75) is 26.3 Å². The largest absolute Gasteiger partial charge is 2.00 e. The maximum absolute atomic E-state index is 6.94. The van der Waals surface area contributed by atoms with Crippen LogP contribution in [-0.2, 0) is 26.2 Å². The molecule has 0 atom stereocenters. The summed E-state index contributed by atoms with van der Waals surface area (Å²) in [6.45, 7) is 5.56. The van der Waals surface area contributed by atoms with Crippen LogP contribution in [-0.4, -0.2) is 16.5 Å². The van der Waals surface area contributed by atoms with Crippen LogP contribution in [0.5, 0.6) is 0 Å². The van der Waals surface area contributed by atoms with Crippen LogP contribution < -0.4 is 24.8 Å². The van der Waals surface area contributed by atoms with E-state index < -0.39 is 0 Å². The summed E-state index contributed by atoms with van der Waals surface area (Å²) in [6, 6.07) is 20.7. The average molecular weight is 464 g/mol. The van der Waals surface area contributed by atoms with Crippen molar-refractivity contribution in [3.63, 3.8) is 0 Å². The molecular weight excluding hydrogens is 432 g/mol. The molecule has 2 aromatic rings. The van der Waals surface area contributed by atoms with E-state index in [2.05, 4.69) is 55.0 Å². The van der Waals surface area contributed by atoms with Gasteiger partial charge in [-0.05, 0) is 11.0 Å². The van der Waals surface area contributed by atoms with E-state index in [-0.39, 0.29) is 82.4 Å². The van der Waals surface area contributed by atoms with Gasteiger partial charge in [-0.2, -0.15) is 0 Å². The minimum Gasteiger partial charge on any atom is -1.00 e. The molecule has 24 heavy (non-hydrogen) atoms. The second kappa shape index (κ2) is 21.0. The molecule has 0 aliphatic heterocycles. The molecule has 0 saturated heterocycles. The van der Waals surface area contributed by atoms with E-state index in [1.54, 1.807) is 0 Å². The maximum Gasteiger partial charge on any atom is 2.00 e. The Morgan fingerprint density at radius 3 is 1.12 bits per heavy atom. The van der Waals surface area contributed by atoms with Gasteiger partial charge in [-0.1, -0.05) is 57.2 Å². The van der Waals surface area contributed by atoms with E-state index in [0.717, 1.165) is 0 Å². The fourth-order valence-corrected chi connectivity index (χ4v) is 1.29. The summed E-state index contributed by atoms with van der Waals surface area (Å²) in [6.07, 6.45) is 2.17. The topological polar surface area (TPSA) is 23.8 Å².